The number of hydrogen-bond acceptors (Lipinski definition) is 3. The van der Waals surface area contributed by atoms with Gasteiger partial charge in [0.1, 0.15) is 12.1 Å². The Balaban J connectivity index is 2.18. The molecule has 0 N–H and O–H groups in total. The number of hydrogen-bond donors (Lipinski definition) is 0. The SMILES string of the molecule is COc1ccc2c(c1)CCCn1cnnc1-2. The van der Waals surface area contributed by atoms with Crippen molar-refractivity contribution in [3.05, 3.63) is 30.1 Å². The van der Waals surface area contributed by atoms with E-state index in [2.05, 4.69) is 26.9 Å². The Morgan fingerprint density at radius 1 is 1.38 bits per heavy atom. The third kappa shape index (κ3) is 1.38. The maximum Gasteiger partial charge on any atom is 0.164 e. The van der Waals surface area contributed by atoms with Crippen LogP contribution in [-0.4, -0.2) is 21.9 Å². The van der Waals surface area contributed by atoms with Crippen LogP contribution in [0, 0.1) is 0 Å². The van der Waals surface area contributed by atoms with Gasteiger partial charge in [0.15, 0.2) is 5.82 Å². The third-order valence-electron chi connectivity index (χ3n) is 3.01. The van der Waals surface area contributed by atoms with Gasteiger partial charge in [0.2, 0.25) is 0 Å². The van der Waals surface area contributed by atoms with Gasteiger partial charge in [-0.1, -0.05) is 0 Å². The average molecular weight is 215 g/mol. The molecule has 1 aromatic carbocycles. The van der Waals surface area contributed by atoms with Crippen molar-refractivity contribution in [3.8, 4) is 17.1 Å². The highest BCUT2D eigenvalue weighted by Crippen LogP contribution is 2.29. The Bertz CT molecular complexity index is 519. The predicted octanol–water partition coefficient (Wildman–Crippen LogP) is 1.90. The van der Waals surface area contributed by atoms with E-state index in [1.807, 2.05) is 6.07 Å². The summed E-state index contributed by atoms with van der Waals surface area (Å²) < 4.78 is 7.36. The monoisotopic (exact) mass is 215 g/mol. The summed E-state index contributed by atoms with van der Waals surface area (Å²) in [5, 5.41) is 8.15. The lowest BCUT2D eigenvalue weighted by atomic mass is 10.0. The minimum Gasteiger partial charge on any atom is -0.497 e. The Kier molecular flexibility index (Phi) is 2.13. The molecule has 0 aliphatic carbocycles. The summed E-state index contributed by atoms with van der Waals surface area (Å²) in [5.74, 6) is 1.88. The van der Waals surface area contributed by atoms with Gasteiger partial charge in [-0.3, -0.25) is 0 Å². The predicted molar refractivity (Wildman–Crippen MR) is 60.3 cm³/mol. The minimum atomic E-state index is 0.909. The molecule has 0 saturated heterocycles. The van der Waals surface area contributed by atoms with Gasteiger partial charge in [-0.25, -0.2) is 0 Å². The Hall–Kier alpha value is -1.84. The lowest BCUT2D eigenvalue weighted by Crippen LogP contribution is -1.96. The molecular weight excluding hydrogens is 202 g/mol. The fourth-order valence-electron chi connectivity index (χ4n) is 2.19. The van der Waals surface area contributed by atoms with Crippen molar-refractivity contribution < 1.29 is 4.74 Å². The van der Waals surface area contributed by atoms with Crippen LogP contribution in [0.1, 0.15) is 12.0 Å². The third-order valence-corrected chi connectivity index (χ3v) is 3.01. The number of nitrogens with zero attached hydrogens (tertiary/aromatic N) is 3. The van der Waals surface area contributed by atoms with E-state index in [0.29, 0.717) is 0 Å². The van der Waals surface area contributed by atoms with Crippen molar-refractivity contribution in [2.45, 2.75) is 19.4 Å². The zero-order valence-corrected chi connectivity index (χ0v) is 9.18. The lowest BCUT2D eigenvalue weighted by molar-refractivity contribution is 0.414. The van der Waals surface area contributed by atoms with Crippen molar-refractivity contribution in [2.24, 2.45) is 0 Å². The van der Waals surface area contributed by atoms with Crippen LogP contribution < -0.4 is 4.74 Å². The molecule has 0 bridgehead atoms. The first-order chi connectivity index (χ1) is 7.88. The average Bonchev–Trinajstić information content (AvgIpc) is 2.71. The molecular formula is C12H13N3O. The summed E-state index contributed by atoms with van der Waals surface area (Å²) in [6.45, 7) is 0.985. The summed E-state index contributed by atoms with van der Waals surface area (Å²) in [7, 11) is 1.70. The van der Waals surface area contributed by atoms with E-state index >= 15 is 0 Å². The highest BCUT2D eigenvalue weighted by Gasteiger charge is 2.16. The second-order valence-corrected chi connectivity index (χ2v) is 3.97. The molecule has 0 saturated carbocycles. The van der Waals surface area contributed by atoms with Gasteiger partial charge in [-0.15, -0.1) is 10.2 Å². The summed E-state index contributed by atoms with van der Waals surface area (Å²) >= 11 is 0. The van der Waals surface area contributed by atoms with E-state index in [1.54, 1.807) is 13.4 Å². The summed E-state index contributed by atoms with van der Waals surface area (Å²) in [6.07, 6.45) is 3.98. The molecule has 0 unspecified atom stereocenters. The standard InChI is InChI=1S/C12H13N3O/c1-16-10-4-5-11-9(7-10)3-2-6-15-8-13-14-12(11)15/h4-5,7-8H,2-3,6H2,1H3. The molecule has 16 heavy (non-hydrogen) atoms. The molecule has 82 valence electrons. The second kappa shape index (κ2) is 3.63. The van der Waals surface area contributed by atoms with E-state index in [-0.39, 0.29) is 0 Å². The molecule has 3 rings (SSSR count). The zero-order valence-electron chi connectivity index (χ0n) is 9.18. The van der Waals surface area contributed by atoms with Gasteiger partial charge < -0.3 is 9.30 Å². The molecule has 1 aromatic heterocycles. The summed E-state index contributed by atoms with van der Waals surface area (Å²) in [5.41, 5.74) is 2.47. The molecule has 0 spiro atoms. The van der Waals surface area contributed by atoms with Crippen LogP contribution in [0.5, 0.6) is 5.75 Å². The minimum absolute atomic E-state index is 0.909. The first-order valence-electron chi connectivity index (χ1n) is 5.43. The van der Waals surface area contributed by atoms with Crippen LogP contribution in [0.3, 0.4) is 0 Å². The molecule has 4 nitrogen and oxygen atoms in total. The largest absolute Gasteiger partial charge is 0.497 e. The molecule has 2 aromatic rings. The van der Waals surface area contributed by atoms with Crippen LogP contribution in [-0.2, 0) is 13.0 Å². The molecule has 2 heterocycles. The van der Waals surface area contributed by atoms with Crippen LogP contribution in [0.2, 0.25) is 0 Å². The topological polar surface area (TPSA) is 39.9 Å². The Morgan fingerprint density at radius 2 is 2.31 bits per heavy atom. The highest BCUT2D eigenvalue weighted by atomic mass is 16.5. The zero-order chi connectivity index (χ0) is 11.0. The molecule has 1 aliphatic heterocycles. The number of aromatic nitrogens is 3. The maximum absolute atomic E-state index is 5.25. The smallest absolute Gasteiger partial charge is 0.164 e. The van der Waals surface area contributed by atoms with Crippen molar-refractivity contribution in [1.29, 1.82) is 0 Å². The summed E-state index contributed by atoms with van der Waals surface area (Å²) in [4.78, 5) is 0. The van der Waals surface area contributed by atoms with Crippen molar-refractivity contribution in [2.75, 3.05) is 7.11 Å². The van der Waals surface area contributed by atoms with Gasteiger partial charge in [-0.2, -0.15) is 0 Å². The molecule has 1 aliphatic rings. The number of fused-ring (bicyclic) bond motifs is 3. The quantitative estimate of drug-likeness (QED) is 0.729. The fourth-order valence-corrected chi connectivity index (χ4v) is 2.19. The second-order valence-electron chi connectivity index (χ2n) is 3.97. The van der Waals surface area contributed by atoms with Crippen LogP contribution in [0.4, 0.5) is 0 Å². The van der Waals surface area contributed by atoms with Gasteiger partial charge >= 0.3 is 0 Å². The first kappa shape index (κ1) is 9.39. The van der Waals surface area contributed by atoms with Gasteiger partial charge in [-0.05, 0) is 36.6 Å². The highest BCUT2D eigenvalue weighted by molar-refractivity contribution is 5.62. The summed E-state index contributed by atoms with van der Waals surface area (Å²) in [6, 6.07) is 6.14. The number of methoxy groups -OCH3 is 1. The van der Waals surface area contributed by atoms with E-state index in [0.717, 1.165) is 31.0 Å². The van der Waals surface area contributed by atoms with Crippen LogP contribution in [0.15, 0.2) is 24.5 Å². The lowest BCUT2D eigenvalue weighted by Gasteiger charge is -2.07. The van der Waals surface area contributed by atoms with E-state index in [1.165, 1.54) is 11.1 Å². The van der Waals surface area contributed by atoms with E-state index < -0.39 is 0 Å². The van der Waals surface area contributed by atoms with Crippen LogP contribution in [0.25, 0.3) is 11.4 Å². The van der Waals surface area contributed by atoms with Gasteiger partial charge in [0.05, 0.1) is 7.11 Å². The fraction of sp³-hybridized carbons (Fsp3) is 0.333. The number of aryl methyl sites for hydroxylation is 2. The molecule has 0 fully saturated rings. The van der Waals surface area contributed by atoms with E-state index in [9.17, 15) is 0 Å². The van der Waals surface area contributed by atoms with Crippen molar-refractivity contribution >= 4 is 0 Å². The van der Waals surface area contributed by atoms with E-state index in [4.69, 9.17) is 4.74 Å². The molecule has 0 atom stereocenters. The van der Waals surface area contributed by atoms with Crippen molar-refractivity contribution in [1.82, 2.24) is 14.8 Å². The normalized spacial score (nSPS) is 13.8. The van der Waals surface area contributed by atoms with Crippen molar-refractivity contribution in [3.63, 3.8) is 0 Å². The first-order valence-corrected chi connectivity index (χ1v) is 5.43. The Labute approximate surface area is 93.9 Å². The number of ether oxygens (including phenoxy) is 1. The maximum atomic E-state index is 5.25. The Morgan fingerprint density at radius 3 is 3.19 bits per heavy atom. The number of rotatable bonds is 1. The van der Waals surface area contributed by atoms with Gasteiger partial charge in [0, 0.05) is 12.1 Å². The molecule has 4 heteroatoms. The number of benzene rings is 1. The molecule has 0 radical (unpaired) electrons. The van der Waals surface area contributed by atoms with Crippen LogP contribution >= 0.6 is 0 Å². The van der Waals surface area contributed by atoms with Gasteiger partial charge in [0.25, 0.3) is 0 Å². The molecule has 0 amide bonds.